The second-order valence-corrected chi connectivity index (χ2v) is 8.74. The van der Waals surface area contributed by atoms with Crippen LogP contribution in [-0.4, -0.2) is 22.4 Å². The van der Waals surface area contributed by atoms with Crippen LogP contribution in [0.15, 0.2) is 60.0 Å². The summed E-state index contributed by atoms with van der Waals surface area (Å²) in [4.78, 5) is 13.8. The SMILES string of the molecule is O=C(Nc1cccc(Cl)c1Cl)Nc1cc(-c2cccs2)nn1-c1ccc2c(c1)CCN2. The molecule has 6 nitrogen and oxygen atoms in total. The van der Waals surface area contributed by atoms with Gasteiger partial charge < -0.3 is 10.6 Å². The van der Waals surface area contributed by atoms with Crippen LogP contribution in [0.25, 0.3) is 16.3 Å². The molecule has 0 saturated heterocycles. The molecule has 0 spiro atoms. The van der Waals surface area contributed by atoms with Gasteiger partial charge in [-0.3, -0.25) is 5.32 Å². The molecule has 1 aliphatic heterocycles. The van der Waals surface area contributed by atoms with Gasteiger partial charge >= 0.3 is 6.03 Å². The number of carbonyl (C=O) groups excluding carboxylic acids is 1. The zero-order chi connectivity index (χ0) is 21.4. The van der Waals surface area contributed by atoms with Crippen molar-refractivity contribution in [3.8, 4) is 16.3 Å². The fourth-order valence-electron chi connectivity index (χ4n) is 3.50. The van der Waals surface area contributed by atoms with E-state index in [2.05, 4.69) is 22.0 Å². The van der Waals surface area contributed by atoms with E-state index >= 15 is 0 Å². The summed E-state index contributed by atoms with van der Waals surface area (Å²) in [6, 6.07) is 16.6. The molecule has 0 aliphatic carbocycles. The Kier molecular flexibility index (Phi) is 5.31. The van der Waals surface area contributed by atoms with E-state index in [-0.39, 0.29) is 0 Å². The first-order valence-electron chi connectivity index (χ1n) is 9.61. The van der Waals surface area contributed by atoms with Gasteiger partial charge in [0.05, 0.1) is 26.3 Å². The molecular formula is C22H17Cl2N5OS. The zero-order valence-electron chi connectivity index (χ0n) is 16.2. The van der Waals surface area contributed by atoms with Crippen LogP contribution in [-0.2, 0) is 6.42 Å². The summed E-state index contributed by atoms with van der Waals surface area (Å²) >= 11 is 13.8. The fraction of sp³-hybridized carbons (Fsp3) is 0.0909. The second kappa shape index (κ2) is 8.26. The summed E-state index contributed by atoms with van der Waals surface area (Å²) in [6.45, 7) is 0.923. The lowest BCUT2D eigenvalue weighted by atomic mass is 10.1. The minimum atomic E-state index is -0.439. The molecule has 2 aromatic carbocycles. The summed E-state index contributed by atoms with van der Waals surface area (Å²) in [6.07, 6.45) is 0.957. The number of hydrogen-bond donors (Lipinski definition) is 3. The molecule has 5 rings (SSSR count). The minimum absolute atomic E-state index is 0.290. The number of benzene rings is 2. The first-order valence-corrected chi connectivity index (χ1v) is 11.3. The van der Waals surface area contributed by atoms with Crippen molar-refractivity contribution < 1.29 is 4.79 Å². The third-order valence-electron chi connectivity index (χ3n) is 4.97. The van der Waals surface area contributed by atoms with Crippen LogP contribution in [0.5, 0.6) is 0 Å². The van der Waals surface area contributed by atoms with Crippen molar-refractivity contribution in [2.45, 2.75) is 6.42 Å². The highest BCUT2D eigenvalue weighted by Crippen LogP contribution is 2.32. The first-order chi connectivity index (χ1) is 15.1. The molecule has 1 aliphatic rings. The molecule has 0 atom stereocenters. The summed E-state index contributed by atoms with van der Waals surface area (Å²) in [5, 5.41) is 16.4. The molecule has 3 heterocycles. The highest BCUT2D eigenvalue weighted by molar-refractivity contribution is 7.13. The van der Waals surface area contributed by atoms with E-state index in [1.165, 1.54) is 5.56 Å². The number of nitrogens with zero attached hydrogens (tertiary/aromatic N) is 2. The topological polar surface area (TPSA) is 71.0 Å². The van der Waals surface area contributed by atoms with Gasteiger partial charge in [-0.2, -0.15) is 5.10 Å². The normalized spacial score (nSPS) is 12.3. The van der Waals surface area contributed by atoms with Gasteiger partial charge in [-0.1, -0.05) is 35.3 Å². The summed E-state index contributed by atoms with van der Waals surface area (Å²) in [5.41, 5.74) is 4.45. The van der Waals surface area contributed by atoms with Crippen molar-refractivity contribution in [2.75, 3.05) is 22.5 Å². The lowest BCUT2D eigenvalue weighted by Gasteiger charge is -2.12. The number of anilines is 3. The van der Waals surface area contributed by atoms with Gasteiger partial charge in [-0.15, -0.1) is 11.3 Å². The average Bonchev–Trinajstić information content (AvgIpc) is 3.51. The number of urea groups is 1. The molecule has 0 saturated carbocycles. The van der Waals surface area contributed by atoms with E-state index in [1.54, 1.807) is 34.2 Å². The molecule has 31 heavy (non-hydrogen) atoms. The molecule has 0 fully saturated rings. The highest BCUT2D eigenvalue weighted by Gasteiger charge is 2.17. The lowest BCUT2D eigenvalue weighted by Crippen LogP contribution is -2.21. The summed E-state index contributed by atoms with van der Waals surface area (Å²) in [5.74, 6) is 0.546. The van der Waals surface area contributed by atoms with E-state index in [4.69, 9.17) is 28.3 Å². The Balaban J connectivity index is 1.48. The van der Waals surface area contributed by atoms with Crippen LogP contribution >= 0.6 is 34.5 Å². The van der Waals surface area contributed by atoms with Crippen LogP contribution in [0.3, 0.4) is 0 Å². The van der Waals surface area contributed by atoms with Crippen LogP contribution in [0.2, 0.25) is 10.0 Å². The fourth-order valence-corrected chi connectivity index (χ4v) is 4.53. The Morgan fingerprint density at radius 3 is 2.84 bits per heavy atom. The Bertz CT molecular complexity index is 1270. The van der Waals surface area contributed by atoms with Crippen LogP contribution in [0, 0.1) is 0 Å². The van der Waals surface area contributed by atoms with Crippen molar-refractivity contribution in [3.05, 3.63) is 75.6 Å². The number of thiophene rings is 1. The first kappa shape index (κ1) is 19.9. The van der Waals surface area contributed by atoms with Gasteiger partial charge in [-0.05, 0) is 53.8 Å². The van der Waals surface area contributed by atoms with Crippen LogP contribution in [0.1, 0.15) is 5.56 Å². The maximum Gasteiger partial charge on any atom is 0.324 e. The van der Waals surface area contributed by atoms with Gasteiger partial charge in [0.15, 0.2) is 0 Å². The molecule has 9 heteroatoms. The predicted octanol–water partition coefficient (Wildman–Crippen LogP) is 6.52. The number of fused-ring (bicyclic) bond motifs is 1. The Hall–Kier alpha value is -3.00. The van der Waals surface area contributed by atoms with Crippen molar-refractivity contribution in [3.63, 3.8) is 0 Å². The minimum Gasteiger partial charge on any atom is -0.384 e. The highest BCUT2D eigenvalue weighted by atomic mass is 35.5. The molecule has 0 radical (unpaired) electrons. The van der Waals surface area contributed by atoms with Crippen LogP contribution < -0.4 is 16.0 Å². The summed E-state index contributed by atoms with van der Waals surface area (Å²) in [7, 11) is 0. The summed E-state index contributed by atoms with van der Waals surface area (Å²) < 4.78 is 1.74. The maximum absolute atomic E-state index is 12.7. The number of rotatable bonds is 4. The van der Waals surface area contributed by atoms with Crippen molar-refractivity contribution in [2.24, 2.45) is 0 Å². The van der Waals surface area contributed by atoms with E-state index in [0.717, 1.165) is 34.9 Å². The Labute approximate surface area is 192 Å². The monoisotopic (exact) mass is 469 g/mol. The van der Waals surface area contributed by atoms with E-state index in [1.807, 2.05) is 35.7 Å². The van der Waals surface area contributed by atoms with Crippen LogP contribution in [0.4, 0.5) is 22.0 Å². The zero-order valence-corrected chi connectivity index (χ0v) is 18.5. The van der Waals surface area contributed by atoms with Gasteiger partial charge in [0, 0.05) is 18.3 Å². The smallest absolute Gasteiger partial charge is 0.324 e. The third-order valence-corrected chi connectivity index (χ3v) is 6.68. The maximum atomic E-state index is 12.7. The molecule has 0 bridgehead atoms. The van der Waals surface area contributed by atoms with Gasteiger partial charge in [0.25, 0.3) is 0 Å². The van der Waals surface area contributed by atoms with Crippen molar-refractivity contribution >= 4 is 57.8 Å². The largest absolute Gasteiger partial charge is 0.384 e. The molecule has 3 N–H and O–H groups in total. The second-order valence-electron chi connectivity index (χ2n) is 7.00. The lowest BCUT2D eigenvalue weighted by molar-refractivity contribution is 0.262. The van der Waals surface area contributed by atoms with E-state index in [0.29, 0.717) is 21.6 Å². The number of nitrogens with one attached hydrogen (secondary N) is 3. The number of hydrogen-bond acceptors (Lipinski definition) is 4. The molecule has 0 unspecified atom stereocenters. The molecular weight excluding hydrogens is 453 g/mol. The van der Waals surface area contributed by atoms with Crippen molar-refractivity contribution in [1.82, 2.24) is 9.78 Å². The van der Waals surface area contributed by atoms with Crippen molar-refractivity contribution in [1.29, 1.82) is 0 Å². The predicted molar refractivity (Wildman–Crippen MR) is 128 cm³/mol. The number of carbonyl (C=O) groups is 1. The molecule has 2 amide bonds. The quantitative estimate of drug-likeness (QED) is 0.318. The van der Waals surface area contributed by atoms with E-state index in [9.17, 15) is 4.79 Å². The molecule has 2 aromatic heterocycles. The standard InChI is InChI=1S/C22H17Cl2N5OS/c23-15-3-1-4-17(21(15)24)26-22(30)27-20-12-18(19-5-2-10-31-19)28-29(20)14-6-7-16-13(11-14)8-9-25-16/h1-7,10-12,25H,8-9H2,(H2,26,27,30). The van der Waals surface area contributed by atoms with E-state index < -0.39 is 6.03 Å². The average molecular weight is 470 g/mol. The molecule has 156 valence electrons. The molecule has 4 aromatic rings. The number of aromatic nitrogens is 2. The van der Waals surface area contributed by atoms with Gasteiger partial charge in [0.2, 0.25) is 0 Å². The number of halogens is 2. The van der Waals surface area contributed by atoms with Gasteiger partial charge in [0.1, 0.15) is 11.5 Å². The number of amides is 2. The Morgan fingerprint density at radius 2 is 2.00 bits per heavy atom. The third kappa shape index (κ3) is 3.99. The Morgan fingerprint density at radius 1 is 1.10 bits per heavy atom. The van der Waals surface area contributed by atoms with Gasteiger partial charge in [-0.25, -0.2) is 9.48 Å².